The van der Waals surface area contributed by atoms with Gasteiger partial charge in [0.2, 0.25) is 5.91 Å². The van der Waals surface area contributed by atoms with E-state index in [1.165, 1.54) is 12.1 Å². The van der Waals surface area contributed by atoms with E-state index in [9.17, 15) is 9.18 Å². The van der Waals surface area contributed by atoms with Crippen LogP contribution in [-0.4, -0.2) is 12.5 Å². The number of benzene rings is 2. The normalized spacial score (nSPS) is 15.4. The monoisotopic (exact) mass is 297 g/mol. The molecule has 1 amide bonds. The molecule has 0 heterocycles. The molecule has 1 fully saturated rings. The largest absolute Gasteiger partial charge is 0.355 e. The second kappa shape index (κ2) is 5.91. The van der Waals surface area contributed by atoms with E-state index in [0.29, 0.717) is 13.0 Å². The lowest BCUT2D eigenvalue weighted by atomic mass is 9.96. The summed E-state index contributed by atoms with van der Waals surface area (Å²) in [6.07, 6.45) is 2.49. The molecule has 114 valence electrons. The van der Waals surface area contributed by atoms with E-state index in [0.717, 1.165) is 29.5 Å². The fourth-order valence-electron chi connectivity index (χ4n) is 2.86. The van der Waals surface area contributed by atoms with Gasteiger partial charge in [-0.3, -0.25) is 4.79 Å². The maximum atomic E-state index is 13.0. The van der Waals surface area contributed by atoms with Crippen molar-refractivity contribution < 1.29 is 9.18 Å². The Hall–Kier alpha value is -2.16. The van der Waals surface area contributed by atoms with E-state index >= 15 is 0 Å². The van der Waals surface area contributed by atoms with Gasteiger partial charge in [-0.05, 0) is 43.0 Å². The zero-order valence-electron chi connectivity index (χ0n) is 12.7. The molecule has 22 heavy (non-hydrogen) atoms. The lowest BCUT2D eigenvalue weighted by Gasteiger charge is -2.16. The lowest BCUT2D eigenvalue weighted by Crippen LogP contribution is -2.33. The van der Waals surface area contributed by atoms with Gasteiger partial charge in [0.1, 0.15) is 5.82 Å². The summed E-state index contributed by atoms with van der Waals surface area (Å²) in [7, 11) is 0. The van der Waals surface area contributed by atoms with Crippen molar-refractivity contribution in [3.8, 4) is 0 Å². The third-order valence-corrected chi connectivity index (χ3v) is 4.38. The van der Waals surface area contributed by atoms with Gasteiger partial charge in [0.25, 0.3) is 0 Å². The van der Waals surface area contributed by atoms with Crippen LogP contribution in [0.15, 0.2) is 48.5 Å². The smallest absolute Gasteiger partial charge is 0.224 e. The van der Waals surface area contributed by atoms with Crippen LogP contribution in [0, 0.1) is 12.7 Å². The summed E-state index contributed by atoms with van der Waals surface area (Å²) in [5.74, 6) is -0.179. The van der Waals surface area contributed by atoms with Crippen LogP contribution in [0.1, 0.15) is 29.5 Å². The molecular formula is C19H20FNO. The molecular weight excluding hydrogens is 277 g/mol. The van der Waals surface area contributed by atoms with Gasteiger partial charge in [-0.1, -0.05) is 42.0 Å². The Kier molecular flexibility index (Phi) is 3.97. The van der Waals surface area contributed by atoms with Crippen LogP contribution in [0.25, 0.3) is 0 Å². The van der Waals surface area contributed by atoms with E-state index in [1.54, 1.807) is 0 Å². The summed E-state index contributed by atoms with van der Waals surface area (Å²) >= 11 is 0. The molecule has 2 nitrogen and oxygen atoms in total. The third kappa shape index (κ3) is 3.35. The first-order valence-electron chi connectivity index (χ1n) is 7.66. The van der Waals surface area contributed by atoms with Gasteiger partial charge in [-0.2, -0.15) is 0 Å². The summed E-state index contributed by atoms with van der Waals surface area (Å²) < 4.78 is 13.0. The van der Waals surface area contributed by atoms with Crippen molar-refractivity contribution in [1.82, 2.24) is 5.32 Å². The highest BCUT2D eigenvalue weighted by atomic mass is 19.1. The van der Waals surface area contributed by atoms with Gasteiger partial charge in [0.15, 0.2) is 0 Å². The average Bonchev–Trinajstić information content (AvgIpc) is 3.27. The fourth-order valence-corrected chi connectivity index (χ4v) is 2.86. The molecule has 1 aliphatic carbocycles. The second-order valence-electron chi connectivity index (χ2n) is 6.23. The lowest BCUT2D eigenvalue weighted by molar-refractivity contribution is -0.120. The Labute approximate surface area is 130 Å². The molecule has 0 radical (unpaired) electrons. The molecule has 1 N–H and O–H groups in total. The first kappa shape index (κ1) is 14.8. The van der Waals surface area contributed by atoms with E-state index < -0.39 is 0 Å². The fraction of sp³-hybridized carbons (Fsp3) is 0.316. The average molecular weight is 297 g/mol. The second-order valence-corrected chi connectivity index (χ2v) is 6.23. The van der Waals surface area contributed by atoms with E-state index in [-0.39, 0.29) is 17.1 Å². The molecule has 3 rings (SSSR count). The molecule has 1 saturated carbocycles. The first-order chi connectivity index (χ1) is 10.6. The third-order valence-electron chi connectivity index (χ3n) is 4.38. The highest BCUT2D eigenvalue weighted by Gasteiger charge is 2.44. The van der Waals surface area contributed by atoms with Crippen molar-refractivity contribution in [2.75, 3.05) is 6.54 Å². The summed E-state index contributed by atoms with van der Waals surface area (Å²) in [6.45, 7) is 2.65. The van der Waals surface area contributed by atoms with Crippen LogP contribution in [0.2, 0.25) is 0 Å². The number of aryl methyl sites for hydroxylation is 1. The van der Waals surface area contributed by atoms with Gasteiger partial charge in [0.05, 0.1) is 6.42 Å². The maximum absolute atomic E-state index is 13.0. The van der Waals surface area contributed by atoms with E-state index in [2.05, 4.69) is 5.32 Å². The predicted molar refractivity (Wildman–Crippen MR) is 85.2 cm³/mol. The predicted octanol–water partition coefficient (Wildman–Crippen LogP) is 3.52. The van der Waals surface area contributed by atoms with Gasteiger partial charge in [-0.25, -0.2) is 4.39 Å². The van der Waals surface area contributed by atoms with Crippen molar-refractivity contribution >= 4 is 5.91 Å². The van der Waals surface area contributed by atoms with Crippen LogP contribution < -0.4 is 5.32 Å². The molecule has 0 aliphatic heterocycles. The zero-order chi connectivity index (χ0) is 15.6. The van der Waals surface area contributed by atoms with Crippen molar-refractivity contribution in [3.63, 3.8) is 0 Å². The van der Waals surface area contributed by atoms with Crippen molar-refractivity contribution in [1.29, 1.82) is 0 Å². The van der Waals surface area contributed by atoms with Gasteiger partial charge >= 0.3 is 0 Å². The number of hydrogen-bond donors (Lipinski definition) is 1. The highest BCUT2D eigenvalue weighted by Crippen LogP contribution is 2.47. The summed E-state index contributed by atoms with van der Waals surface area (Å²) in [5.41, 5.74) is 3.32. The number of halogens is 1. The van der Waals surface area contributed by atoms with Crippen molar-refractivity contribution in [2.24, 2.45) is 0 Å². The zero-order valence-corrected chi connectivity index (χ0v) is 12.7. The summed E-state index contributed by atoms with van der Waals surface area (Å²) in [6, 6.07) is 14.6. The Balaban J connectivity index is 1.58. The number of nitrogens with one attached hydrogen (secondary N) is 1. The highest BCUT2D eigenvalue weighted by molar-refractivity contribution is 5.78. The number of rotatable bonds is 5. The minimum Gasteiger partial charge on any atom is -0.355 e. The SMILES string of the molecule is Cc1cccc(CC(=O)NCC2(c3ccc(F)cc3)CC2)c1. The summed E-state index contributed by atoms with van der Waals surface area (Å²) in [4.78, 5) is 12.1. The van der Waals surface area contributed by atoms with Gasteiger partial charge in [0, 0.05) is 12.0 Å². The van der Waals surface area contributed by atoms with Crippen LogP contribution in [0.3, 0.4) is 0 Å². The van der Waals surface area contributed by atoms with E-state index in [1.807, 2.05) is 43.3 Å². The number of amides is 1. The van der Waals surface area contributed by atoms with Crippen LogP contribution in [0.4, 0.5) is 4.39 Å². The standard InChI is InChI=1S/C19H20FNO/c1-14-3-2-4-15(11-14)12-18(22)21-13-19(9-10-19)16-5-7-17(20)8-6-16/h2-8,11H,9-10,12-13H2,1H3,(H,21,22). The molecule has 2 aromatic carbocycles. The van der Waals surface area contributed by atoms with E-state index in [4.69, 9.17) is 0 Å². The number of hydrogen-bond acceptors (Lipinski definition) is 1. The minimum absolute atomic E-state index is 0.00989. The molecule has 0 bridgehead atoms. The first-order valence-corrected chi connectivity index (χ1v) is 7.66. The Morgan fingerprint density at radius 1 is 1.18 bits per heavy atom. The molecule has 0 unspecified atom stereocenters. The maximum Gasteiger partial charge on any atom is 0.224 e. The van der Waals surface area contributed by atoms with Gasteiger partial charge in [-0.15, -0.1) is 0 Å². The molecule has 0 saturated heterocycles. The number of carbonyl (C=O) groups excluding carboxylic acids is 1. The van der Waals surface area contributed by atoms with Gasteiger partial charge < -0.3 is 5.32 Å². The molecule has 1 aliphatic rings. The quantitative estimate of drug-likeness (QED) is 0.899. The molecule has 0 spiro atoms. The van der Waals surface area contributed by atoms with Crippen molar-refractivity contribution in [2.45, 2.75) is 31.6 Å². The molecule has 3 heteroatoms. The Morgan fingerprint density at radius 2 is 1.91 bits per heavy atom. The van der Waals surface area contributed by atoms with Crippen LogP contribution in [-0.2, 0) is 16.6 Å². The number of carbonyl (C=O) groups is 1. The minimum atomic E-state index is -0.219. The van der Waals surface area contributed by atoms with Crippen LogP contribution in [0.5, 0.6) is 0 Å². The Bertz CT molecular complexity index is 674. The molecule has 0 atom stereocenters. The van der Waals surface area contributed by atoms with Crippen LogP contribution >= 0.6 is 0 Å². The Morgan fingerprint density at radius 3 is 2.55 bits per heavy atom. The summed E-state index contributed by atoms with van der Waals surface area (Å²) in [5, 5.41) is 3.03. The van der Waals surface area contributed by atoms with Crippen molar-refractivity contribution in [3.05, 3.63) is 71.0 Å². The molecule has 0 aromatic heterocycles. The topological polar surface area (TPSA) is 29.1 Å². The molecule has 2 aromatic rings.